The van der Waals surface area contributed by atoms with Crippen LogP contribution in [0.1, 0.15) is 12.5 Å². The van der Waals surface area contributed by atoms with Gasteiger partial charge in [-0.05, 0) is 55.0 Å². The monoisotopic (exact) mass is 356 g/mol. The molecule has 1 amide bonds. The van der Waals surface area contributed by atoms with Crippen LogP contribution in [0.3, 0.4) is 0 Å². The standard InChI is InChI=1S/C17H13BrN2O2/c1-11-16(10-12-2-8-15(21)9-3-12)17(22)20(19-11)14-6-4-13(18)5-7-14/h2-10,21H,1H3/b16-10+. The Morgan fingerprint density at radius 2 is 1.73 bits per heavy atom. The largest absolute Gasteiger partial charge is 0.508 e. The van der Waals surface area contributed by atoms with Crippen molar-refractivity contribution in [3.05, 3.63) is 64.1 Å². The van der Waals surface area contributed by atoms with Crippen LogP contribution in [0.4, 0.5) is 5.69 Å². The van der Waals surface area contributed by atoms with Gasteiger partial charge in [0, 0.05) is 4.47 Å². The van der Waals surface area contributed by atoms with Crippen LogP contribution in [0.2, 0.25) is 0 Å². The fourth-order valence-corrected chi connectivity index (χ4v) is 2.44. The van der Waals surface area contributed by atoms with Crippen molar-refractivity contribution < 1.29 is 9.90 Å². The van der Waals surface area contributed by atoms with Gasteiger partial charge in [0.05, 0.1) is 17.0 Å². The predicted octanol–water partition coefficient (Wildman–Crippen LogP) is 3.96. The van der Waals surface area contributed by atoms with Gasteiger partial charge >= 0.3 is 0 Å². The Labute approximate surface area is 136 Å². The van der Waals surface area contributed by atoms with Gasteiger partial charge in [-0.2, -0.15) is 10.1 Å². The number of nitrogens with zero attached hydrogens (tertiary/aromatic N) is 2. The summed E-state index contributed by atoms with van der Waals surface area (Å²) in [5, 5.41) is 15.0. The number of rotatable bonds is 2. The van der Waals surface area contributed by atoms with E-state index in [0.29, 0.717) is 11.3 Å². The molecule has 0 radical (unpaired) electrons. The molecule has 0 bridgehead atoms. The number of hydrazone groups is 1. The number of hydrogen-bond donors (Lipinski definition) is 1. The Balaban J connectivity index is 1.92. The molecule has 1 aliphatic heterocycles. The van der Waals surface area contributed by atoms with Crippen LogP contribution in [0, 0.1) is 0 Å². The van der Waals surface area contributed by atoms with E-state index in [1.807, 2.05) is 31.2 Å². The summed E-state index contributed by atoms with van der Waals surface area (Å²) >= 11 is 3.37. The molecule has 0 spiro atoms. The van der Waals surface area contributed by atoms with Gasteiger partial charge in [-0.3, -0.25) is 4.79 Å². The Bertz CT molecular complexity index is 777. The van der Waals surface area contributed by atoms with Gasteiger partial charge in [0.15, 0.2) is 0 Å². The second-order valence-corrected chi connectivity index (χ2v) is 5.84. The number of phenolic OH excluding ortho intramolecular Hbond substituents is 1. The summed E-state index contributed by atoms with van der Waals surface area (Å²) in [5.41, 5.74) is 2.78. The molecule has 22 heavy (non-hydrogen) atoms. The molecule has 0 saturated carbocycles. The first kappa shape index (κ1) is 14.5. The number of benzene rings is 2. The molecule has 0 aliphatic carbocycles. The lowest BCUT2D eigenvalue weighted by molar-refractivity contribution is -0.114. The van der Waals surface area contributed by atoms with Crippen molar-refractivity contribution >= 4 is 39.3 Å². The van der Waals surface area contributed by atoms with Crippen molar-refractivity contribution in [3.63, 3.8) is 0 Å². The van der Waals surface area contributed by atoms with Gasteiger partial charge in [-0.1, -0.05) is 28.1 Å². The van der Waals surface area contributed by atoms with E-state index in [4.69, 9.17) is 0 Å². The van der Waals surface area contributed by atoms with E-state index in [1.165, 1.54) is 5.01 Å². The van der Waals surface area contributed by atoms with Gasteiger partial charge in [0.2, 0.25) is 0 Å². The maximum Gasteiger partial charge on any atom is 0.280 e. The van der Waals surface area contributed by atoms with Crippen molar-refractivity contribution in [2.24, 2.45) is 5.10 Å². The quantitative estimate of drug-likeness (QED) is 0.828. The third-order valence-electron chi connectivity index (χ3n) is 3.34. The summed E-state index contributed by atoms with van der Waals surface area (Å²) in [6.45, 7) is 1.81. The van der Waals surface area contributed by atoms with Crippen molar-refractivity contribution in [2.75, 3.05) is 5.01 Å². The van der Waals surface area contributed by atoms with Crippen molar-refractivity contribution in [1.82, 2.24) is 0 Å². The van der Waals surface area contributed by atoms with Crippen LogP contribution in [-0.4, -0.2) is 16.7 Å². The second-order valence-electron chi connectivity index (χ2n) is 4.93. The first-order valence-corrected chi connectivity index (χ1v) is 7.50. The number of hydrogen-bond acceptors (Lipinski definition) is 3. The van der Waals surface area contributed by atoms with Crippen molar-refractivity contribution in [2.45, 2.75) is 6.92 Å². The van der Waals surface area contributed by atoms with E-state index >= 15 is 0 Å². The van der Waals surface area contributed by atoms with Crippen LogP contribution in [0.25, 0.3) is 6.08 Å². The molecular formula is C17H13BrN2O2. The maximum absolute atomic E-state index is 12.6. The minimum absolute atomic E-state index is 0.159. The Morgan fingerprint density at radius 3 is 2.36 bits per heavy atom. The number of amides is 1. The van der Waals surface area contributed by atoms with E-state index in [2.05, 4.69) is 21.0 Å². The Morgan fingerprint density at radius 1 is 1.09 bits per heavy atom. The van der Waals surface area contributed by atoms with Gasteiger partial charge in [-0.15, -0.1) is 0 Å². The highest BCUT2D eigenvalue weighted by Gasteiger charge is 2.28. The third-order valence-corrected chi connectivity index (χ3v) is 3.87. The normalized spacial score (nSPS) is 16.3. The highest BCUT2D eigenvalue weighted by molar-refractivity contribution is 9.10. The highest BCUT2D eigenvalue weighted by atomic mass is 79.9. The van der Waals surface area contributed by atoms with Crippen molar-refractivity contribution in [1.29, 1.82) is 0 Å². The number of anilines is 1. The average Bonchev–Trinajstić information content (AvgIpc) is 2.78. The molecule has 0 fully saturated rings. The topological polar surface area (TPSA) is 52.9 Å². The third kappa shape index (κ3) is 2.80. The molecule has 0 saturated heterocycles. The number of carbonyl (C=O) groups is 1. The van der Waals surface area contributed by atoms with Crippen LogP contribution in [0.15, 0.2) is 63.7 Å². The Hall–Kier alpha value is -2.40. The lowest BCUT2D eigenvalue weighted by Crippen LogP contribution is -2.21. The summed E-state index contributed by atoms with van der Waals surface area (Å²) in [7, 11) is 0. The number of halogens is 1. The SMILES string of the molecule is CC1=NN(c2ccc(Br)cc2)C(=O)/C1=C/c1ccc(O)cc1. The van der Waals surface area contributed by atoms with Gasteiger partial charge in [-0.25, -0.2) is 0 Å². The minimum atomic E-state index is -0.159. The average molecular weight is 357 g/mol. The van der Waals surface area contributed by atoms with Crippen LogP contribution < -0.4 is 5.01 Å². The maximum atomic E-state index is 12.6. The fourth-order valence-electron chi connectivity index (χ4n) is 2.18. The van der Waals surface area contributed by atoms with Gasteiger partial charge < -0.3 is 5.11 Å². The molecule has 5 heteroatoms. The Kier molecular flexibility index (Phi) is 3.81. The zero-order chi connectivity index (χ0) is 15.7. The fraction of sp³-hybridized carbons (Fsp3) is 0.0588. The van der Waals surface area contributed by atoms with E-state index in [0.717, 1.165) is 15.7 Å². The number of carbonyl (C=O) groups excluding carboxylic acids is 1. The minimum Gasteiger partial charge on any atom is -0.508 e. The summed E-state index contributed by atoms with van der Waals surface area (Å²) in [4.78, 5) is 12.6. The first-order chi connectivity index (χ1) is 10.5. The molecule has 2 aromatic rings. The van der Waals surface area contributed by atoms with Gasteiger partial charge in [0.1, 0.15) is 5.75 Å². The number of phenols is 1. The predicted molar refractivity (Wildman–Crippen MR) is 90.8 cm³/mol. The zero-order valence-corrected chi connectivity index (χ0v) is 13.4. The lowest BCUT2D eigenvalue weighted by Gasteiger charge is -2.11. The zero-order valence-electron chi connectivity index (χ0n) is 11.8. The van der Waals surface area contributed by atoms with Gasteiger partial charge in [0.25, 0.3) is 5.91 Å². The molecule has 4 nitrogen and oxygen atoms in total. The van der Waals surface area contributed by atoms with Crippen molar-refractivity contribution in [3.8, 4) is 5.75 Å². The van der Waals surface area contributed by atoms with Crippen LogP contribution in [0.5, 0.6) is 5.75 Å². The molecule has 1 N–H and O–H groups in total. The molecule has 0 aromatic heterocycles. The van der Waals surface area contributed by atoms with E-state index < -0.39 is 0 Å². The molecule has 0 atom stereocenters. The van der Waals surface area contributed by atoms with E-state index in [-0.39, 0.29) is 11.7 Å². The van der Waals surface area contributed by atoms with Crippen LogP contribution in [-0.2, 0) is 4.79 Å². The molecule has 0 unspecified atom stereocenters. The lowest BCUT2D eigenvalue weighted by atomic mass is 10.1. The van der Waals surface area contributed by atoms with E-state index in [1.54, 1.807) is 30.3 Å². The first-order valence-electron chi connectivity index (χ1n) is 6.71. The second kappa shape index (κ2) is 5.77. The summed E-state index contributed by atoms with van der Waals surface area (Å²) in [6.07, 6.45) is 1.78. The van der Waals surface area contributed by atoms with Crippen LogP contribution >= 0.6 is 15.9 Å². The molecule has 1 heterocycles. The molecule has 110 valence electrons. The number of aromatic hydroxyl groups is 1. The summed E-state index contributed by atoms with van der Waals surface area (Å²) < 4.78 is 0.948. The van der Waals surface area contributed by atoms with E-state index in [9.17, 15) is 9.90 Å². The summed E-state index contributed by atoms with van der Waals surface area (Å²) in [6, 6.07) is 14.1. The molecule has 3 rings (SSSR count). The molecule has 1 aliphatic rings. The molecular weight excluding hydrogens is 344 g/mol. The smallest absolute Gasteiger partial charge is 0.280 e. The highest BCUT2D eigenvalue weighted by Crippen LogP contribution is 2.26. The molecule has 2 aromatic carbocycles. The summed E-state index contributed by atoms with van der Waals surface area (Å²) in [5.74, 6) is 0.0367.